The van der Waals surface area contributed by atoms with Crippen LogP contribution in [0, 0.1) is 0 Å². The van der Waals surface area contributed by atoms with Gasteiger partial charge in [-0.05, 0) is 74.2 Å². The zero-order chi connectivity index (χ0) is 25.9. The molecule has 8 aromatic rings. The van der Waals surface area contributed by atoms with Crippen molar-refractivity contribution in [3.8, 4) is 28.1 Å². The van der Waals surface area contributed by atoms with Crippen molar-refractivity contribution in [2.45, 2.75) is 0 Å². The van der Waals surface area contributed by atoms with Crippen LogP contribution < -0.4 is 0 Å². The average molecular weight is 563 g/mol. The molecular weight excluding hydrogens is 540 g/mol. The molecule has 2 nitrogen and oxygen atoms in total. The van der Waals surface area contributed by atoms with Crippen molar-refractivity contribution in [3.05, 3.63) is 138 Å². The monoisotopic (exact) mass is 562 g/mol. The smallest absolute Gasteiger partial charge is 0.0615 e. The molecule has 0 atom stereocenters. The number of fused-ring (bicyclic) bond motifs is 5. The molecule has 1 N–H and O–H groups in total. The predicted octanol–water partition coefficient (Wildman–Crippen LogP) is 10.5. The van der Waals surface area contributed by atoms with Gasteiger partial charge in [0.2, 0.25) is 0 Å². The first-order valence-electron chi connectivity index (χ1n) is 13.1. The number of hydrogen-bond donors (Lipinski definition) is 1. The summed E-state index contributed by atoms with van der Waals surface area (Å²) < 4.78 is 3.45. The average Bonchev–Trinajstić information content (AvgIpc) is 3.51. The van der Waals surface area contributed by atoms with Crippen LogP contribution in [-0.2, 0) is 0 Å². The van der Waals surface area contributed by atoms with Gasteiger partial charge in [0.15, 0.2) is 0 Å². The molecule has 6 aromatic carbocycles. The van der Waals surface area contributed by atoms with E-state index < -0.39 is 0 Å². The number of aromatic amines is 1. The fraction of sp³-hybridized carbons (Fsp3) is 0. The molecule has 2 aromatic heterocycles. The molecule has 3 heteroatoms. The SMILES string of the molecule is Brc1c(-c2cccc3ccccc23)[nH]c2ccc(-c3ccc(-n4c5ccccc5c5ccccc54)cc3)cc12. The maximum absolute atomic E-state index is 3.93. The van der Waals surface area contributed by atoms with Gasteiger partial charge in [0.25, 0.3) is 0 Å². The molecule has 184 valence electrons. The van der Waals surface area contributed by atoms with E-state index >= 15 is 0 Å². The summed E-state index contributed by atoms with van der Waals surface area (Å²) in [6.45, 7) is 0. The fourth-order valence-electron chi connectivity index (χ4n) is 5.97. The van der Waals surface area contributed by atoms with Gasteiger partial charge in [-0.15, -0.1) is 0 Å². The van der Waals surface area contributed by atoms with E-state index in [-0.39, 0.29) is 0 Å². The number of rotatable bonds is 3. The number of nitrogens with zero attached hydrogens (tertiary/aromatic N) is 1. The lowest BCUT2D eigenvalue weighted by molar-refractivity contribution is 1.18. The van der Waals surface area contributed by atoms with Crippen LogP contribution in [-0.4, -0.2) is 9.55 Å². The first-order chi connectivity index (χ1) is 19.3. The maximum Gasteiger partial charge on any atom is 0.0615 e. The first kappa shape index (κ1) is 22.4. The van der Waals surface area contributed by atoms with Gasteiger partial charge in [0.1, 0.15) is 0 Å². The third-order valence-electron chi connectivity index (χ3n) is 7.83. The molecule has 0 spiro atoms. The highest BCUT2D eigenvalue weighted by molar-refractivity contribution is 9.10. The molecule has 0 bridgehead atoms. The number of para-hydroxylation sites is 2. The number of hydrogen-bond acceptors (Lipinski definition) is 0. The summed E-state index contributed by atoms with van der Waals surface area (Å²) in [5.41, 5.74) is 9.44. The molecule has 0 saturated heterocycles. The quantitative estimate of drug-likeness (QED) is 0.221. The van der Waals surface area contributed by atoms with Gasteiger partial charge in [-0.2, -0.15) is 0 Å². The Morgan fingerprint density at radius 3 is 1.87 bits per heavy atom. The summed E-state index contributed by atoms with van der Waals surface area (Å²) in [7, 11) is 0. The molecule has 0 unspecified atom stereocenters. The van der Waals surface area contributed by atoms with Gasteiger partial charge in [0.05, 0.1) is 21.2 Å². The van der Waals surface area contributed by atoms with Gasteiger partial charge < -0.3 is 9.55 Å². The van der Waals surface area contributed by atoms with Crippen LogP contribution >= 0.6 is 15.9 Å². The highest BCUT2D eigenvalue weighted by Crippen LogP contribution is 2.40. The van der Waals surface area contributed by atoms with Crippen LogP contribution in [0.3, 0.4) is 0 Å². The van der Waals surface area contributed by atoms with Gasteiger partial charge in [-0.1, -0.05) is 97.1 Å². The van der Waals surface area contributed by atoms with E-state index in [0.29, 0.717) is 0 Å². The van der Waals surface area contributed by atoms with E-state index in [0.717, 1.165) is 15.7 Å². The zero-order valence-electron chi connectivity index (χ0n) is 21.0. The topological polar surface area (TPSA) is 20.7 Å². The minimum Gasteiger partial charge on any atom is -0.354 e. The number of nitrogens with one attached hydrogen (secondary N) is 1. The molecule has 0 saturated carbocycles. The highest BCUT2D eigenvalue weighted by atomic mass is 79.9. The number of aromatic nitrogens is 2. The molecule has 39 heavy (non-hydrogen) atoms. The molecule has 0 aliphatic heterocycles. The van der Waals surface area contributed by atoms with Crippen molar-refractivity contribution < 1.29 is 0 Å². The van der Waals surface area contributed by atoms with Crippen molar-refractivity contribution in [1.82, 2.24) is 9.55 Å². The van der Waals surface area contributed by atoms with Crippen LogP contribution in [0.25, 0.3) is 71.6 Å². The lowest BCUT2D eigenvalue weighted by Gasteiger charge is -2.09. The summed E-state index contributed by atoms with van der Waals surface area (Å²) in [6.07, 6.45) is 0. The van der Waals surface area contributed by atoms with Crippen LogP contribution in [0.4, 0.5) is 0 Å². The Morgan fingerprint density at radius 2 is 1.13 bits per heavy atom. The minimum absolute atomic E-state index is 1.10. The molecule has 8 rings (SSSR count). The van der Waals surface area contributed by atoms with Crippen LogP contribution in [0.1, 0.15) is 0 Å². The van der Waals surface area contributed by atoms with E-state index in [4.69, 9.17) is 0 Å². The van der Waals surface area contributed by atoms with Crippen LogP contribution in [0.15, 0.2) is 138 Å². The second-order valence-corrected chi connectivity index (χ2v) is 10.8. The van der Waals surface area contributed by atoms with E-state index in [1.165, 1.54) is 60.3 Å². The third kappa shape index (κ3) is 3.47. The zero-order valence-corrected chi connectivity index (χ0v) is 22.6. The van der Waals surface area contributed by atoms with Crippen molar-refractivity contribution in [1.29, 1.82) is 0 Å². The summed E-state index contributed by atoms with van der Waals surface area (Å²) >= 11 is 3.93. The Kier molecular flexibility index (Phi) is 5.01. The maximum atomic E-state index is 3.93. The van der Waals surface area contributed by atoms with Gasteiger partial charge in [0, 0.05) is 32.9 Å². The largest absolute Gasteiger partial charge is 0.354 e. The minimum atomic E-state index is 1.10. The molecule has 0 aliphatic carbocycles. The molecule has 0 amide bonds. The number of H-pyrrole nitrogens is 1. The Bertz CT molecular complexity index is 2120. The normalized spacial score (nSPS) is 11.7. The Labute approximate surface area is 234 Å². The molecular formula is C36H23BrN2. The molecule has 0 fully saturated rings. The Balaban J connectivity index is 1.22. The van der Waals surface area contributed by atoms with E-state index in [1.54, 1.807) is 0 Å². The molecule has 2 heterocycles. The van der Waals surface area contributed by atoms with Crippen LogP contribution in [0.2, 0.25) is 0 Å². The van der Waals surface area contributed by atoms with Crippen molar-refractivity contribution in [2.24, 2.45) is 0 Å². The second kappa shape index (κ2) is 8.72. The van der Waals surface area contributed by atoms with Gasteiger partial charge in [-0.25, -0.2) is 0 Å². The predicted molar refractivity (Wildman–Crippen MR) is 169 cm³/mol. The number of benzene rings is 6. The summed E-state index contributed by atoms with van der Waals surface area (Å²) in [5.74, 6) is 0. The second-order valence-electron chi connectivity index (χ2n) is 10.0. The highest BCUT2D eigenvalue weighted by Gasteiger charge is 2.15. The first-order valence-corrected chi connectivity index (χ1v) is 13.9. The lowest BCUT2D eigenvalue weighted by Crippen LogP contribution is -1.93. The van der Waals surface area contributed by atoms with Crippen LogP contribution in [0.5, 0.6) is 0 Å². The van der Waals surface area contributed by atoms with E-state index in [2.05, 4.69) is 159 Å². The Hall–Kier alpha value is -4.60. The summed E-state index contributed by atoms with van der Waals surface area (Å²) in [6, 6.07) is 47.9. The summed E-state index contributed by atoms with van der Waals surface area (Å²) in [4.78, 5) is 3.66. The van der Waals surface area contributed by atoms with E-state index in [9.17, 15) is 0 Å². The van der Waals surface area contributed by atoms with Gasteiger partial charge >= 0.3 is 0 Å². The number of halogens is 1. The standard InChI is InChI=1S/C36H23BrN2/c37-35-31-22-25(18-21-32(31)38-36(35)30-13-7-9-24-8-1-2-10-27(24)30)23-16-19-26(20-17-23)39-33-14-5-3-11-28(33)29-12-4-6-15-34(29)39/h1-22,38H. The fourth-order valence-corrected chi connectivity index (χ4v) is 6.61. The lowest BCUT2D eigenvalue weighted by atomic mass is 10.0. The van der Waals surface area contributed by atoms with E-state index in [1.807, 2.05) is 0 Å². The van der Waals surface area contributed by atoms with Gasteiger partial charge in [-0.3, -0.25) is 0 Å². The van der Waals surface area contributed by atoms with Crippen molar-refractivity contribution >= 4 is 59.4 Å². The van der Waals surface area contributed by atoms with Crippen molar-refractivity contribution in [3.63, 3.8) is 0 Å². The Morgan fingerprint density at radius 1 is 0.513 bits per heavy atom. The van der Waals surface area contributed by atoms with Crippen molar-refractivity contribution in [2.75, 3.05) is 0 Å². The summed E-state index contributed by atoms with van der Waals surface area (Å²) in [5, 5.41) is 6.23. The molecule has 0 radical (unpaired) electrons. The third-order valence-corrected chi connectivity index (χ3v) is 8.66. The molecule has 0 aliphatic rings.